The molecule has 1 atom stereocenters. The Morgan fingerprint density at radius 1 is 1.13 bits per heavy atom. The predicted molar refractivity (Wildman–Crippen MR) is 135 cm³/mol. The molecule has 0 spiro atoms. The van der Waals surface area contributed by atoms with Crippen LogP contribution in [0.15, 0.2) is 34.2 Å². The van der Waals surface area contributed by atoms with Crippen molar-refractivity contribution in [3.05, 3.63) is 29.8 Å². The van der Waals surface area contributed by atoms with Gasteiger partial charge in [-0.15, -0.1) is 24.0 Å². The Kier molecular flexibility index (Phi) is 11.6. The highest BCUT2D eigenvalue weighted by Crippen LogP contribution is 2.22. The van der Waals surface area contributed by atoms with Gasteiger partial charge in [0.25, 0.3) is 0 Å². The highest BCUT2D eigenvalue weighted by atomic mass is 127. The number of benzene rings is 1. The lowest BCUT2D eigenvalue weighted by Crippen LogP contribution is -2.47. The van der Waals surface area contributed by atoms with Gasteiger partial charge in [0, 0.05) is 32.2 Å². The van der Waals surface area contributed by atoms with E-state index in [1.165, 1.54) is 6.42 Å². The second-order valence-corrected chi connectivity index (χ2v) is 10.3. The summed E-state index contributed by atoms with van der Waals surface area (Å²) in [5.74, 6) is 1.06. The number of sulfonamides is 1. The van der Waals surface area contributed by atoms with Gasteiger partial charge in [0.15, 0.2) is 5.96 Å². The molecule has 2 rings (SSSR count). The van der Waals surface area contributed by atoms with E-state index in [9.17, 15) is 8.42 Å². The Morgan fingerprint density at radius 2 is 1.77 bits per heavy atom. The van der Waals surface area contributed by atoms with Crippen LogP contribution < -0.4 is 11.1 Å². The molecule has 1 unspecified atom stereocenters. The highest BCUT2D eigenvalue weighted by Gasteiger charge is 2.29. The molecule has 0 radical (unpaired) electrons. The first-order valence-electron chi connectivity index (χ1n) is 10.5. The molecule has 1 saturated heterocycles. The van der Waals surface area contributed by atoms with E-state index in [-0.39, 0.29) is 36.6 Å². The van der Waals surface area contributed by atoms with Gasteiger partial charge in [-0.05, 0) is 37.9 Å². The smallest absolute Gasteiger partial charge is 0.243 e. The molecule has 1 heterocycles. The van der Waals surface area contributed by atoms with Gasteiger partial charge in [-0.1, -0.05) is 44.9 Å². The van der Waals surface area contributed by atoms with Crippen molar-refractivity contribution in [2.45, 2.75) is 57.5 Å². The zero-order chi connectivity index (χ0) is 21.4. The molecule has 1 aliphatic heterocycles. The van der Waals surface area contributed by atoms with Crippen LogP contribution in [0.3, 0.4) is 0 Å². The summed E-state index contributed by atoms with van der Waals surface area (Å²) in [6.07, 6.45) is 3.37. The first kappa shape index (κ1) is 27.1. The third-order valence-corrected chi connectivity index (χ3v) is 7.28. The maximum atomic E-state index is 13.1. The standard InChI is InChI=1S/C21H37N5O2S.HI/c1-17(2)8-7-9-18(3)24-21(22)23-16-19-10-5-6-11-20(19)29(27,28)26-14-12-25(4)13-15-26;/h5-6,10-11,17-18H,7-9,12-16H2,1-4H3,(H3,22,23,24);1H. The molecular formula is C21H38IN5O2S. The van der Waals surface area contributed by atoms with Crippen molar-refractivity contribution >= 4 is 40.0 Å². The van der Waals surface area contributed by atoms with Gasteiger partial charge in [-0.25, -0.2) is 13.4 Å². The van der Waals surface area contributed by atoms with Gasteiger partial charge in [0.05, 0.1) is 11.4 Å². The van der Waals surface area contributed by atoms with E-state index in [0.29, 0.717) is 35.4 Å². The van der Waals surface area contributed by atoms with E-state index < -0.39 is 10.0 Å². The van der Waals surface area contributed by atoms with E-state index in [0.717, 1.165) is 25.9 Å². The van der Waals surface area contributed by atoms with Crippen LogP contribution in [0.4, 0.5) is 0 Å². The van der Waals surface area contributed by atoms with Crippen molar-refractivity contribution < 1.29 is 8.42 Å². The van der Waals surface area contributed by atoms with Crippen molar-refractivity contribution in [2.75, 3.05) is 33.2 Å². The number of nitrogens with one attached hydrogen (secondary N) is 1. The first-order valence-corrected chi connectivity index (χ1v) is 12.0. The molecule has 3 N–H and O–H groups in total. The third-order valence-electron chi connectivity index (χ3n) is 5.29. The Morgan fingerprint density at radius 3 is 2.40 bits per heavy atom. The molecule has 1 aromatic rings. The second kappa shape index (κ2) is 12.8. The predicted octanol–water partition coefficient (Wildman–Crippen LogP) is 2.86. The summed E-state index contributed by atoms with van der Waals surface area (Å²) in [6, 6.07) is 7.31. The van der Waals surface area contributed by atoms with Crippen molar-refractivity contribution in [2.24, 2.45) is 16.6 Å². The molecule has 1 aromatic carbocycles. The minimum Gasteiger partial charge on any atom is -0.370 e. The van der Waals surface area contributed by atoms with Crippen LogP contribution in [0.1, 0.15) is 45.6 Å². The number of hydrogen-bond donors (Lipinski definition) is 2. The maximum Gasteiger partial charge on any atom is 0.243 e. The fraction of sp³-hybridized carbons (Fsp3) is 0.667. The summed E-state index contributed by atoms with van der Waals surface area (Å²) in [5.41, 5.74) is 6.71. The number of aliphatic imine (C=N–C) groups is 1. The Bertz CT molecular complexity index is 777. The molecular weight excluding hydrogens is 513 g/mol. The van der Waals surface area contributed by atoms with Crippen LogP contribution in [0, 0.1) is 5.92 Å². The SMILES string of the molecule is CC(C)CCCC(C)NC(N)=NCc1ccccc1S(=O)(=O)N1CCN(C)CC1.I. The summed E-state index contributed by atoms with van der Waals surface area (Å²) in [5, 5.41) is 3.21. The van der Waals surface area contributed by atoms with Crippen molar-refractivity contribution in [3.8, 4) is 0 Å². The fourth-order valence-corrected chi connectivity index (χ4v) is 5.06. The van der Waals surface area contributed by atoms with Crippen LogP contribution in [0.2, 0.25) is 0 Å². The molecule has 0 aliphatic carbocycles. The van der Waals surface area contributed by atoms with E-state index >= 15 is 0 Å². The lowest BCUT2D eigenvalue weighted by atomic mass is 10.0. The molecule has 172 valence electrons. The van der Waals surface area contributed by atoms with E-state index in [1.807, 2.05) is 19.2 Å². The largest absolute Gasteiger partial charge is 0.370 e. The van der Waals surface area contributed by atoms with E-state index in [1.54, 1.807) is 16.4 Å². The molecule has 0 amide bonds. The lowest BCUT2D eigenvalue weighted by Gasteiger charge is -2.32. The number of halogens is 1. The highest BCUT2D eigenvalue weighted by molar-refractivity contribution is 14.0. The van der Waals surface area contributed by atoms with Gasteiger partial charge in [-0.3, -0.25) is 0 Å². The molecule has 0 saturated carbocycles. The zero-order valence-electron chi connectivity index (χ0n) is 18.7. The summed E-state index contributed by atoms with van der Waals surface area (Å²) >= 11 is 0. The summed E-state index contributed by atoms with van der Waals surface area (Å²) in [4.78, 5) is 6.86. The van der Waals surface area contributed by atoms with Crippen LogP contribution >= 0.6 is 24.0 Å². The normalized spacial score (nSPS) is 17.6. The topological polar surface area (TPSA) is 91.0 Å². The van der Waals surface area contributed by atoms with Crippen LogP contribution in [0.5, 0.6) is 0 Å². The second-order valence-electron chi connectivity index (χ2n) is 8.39. The van der Waals surface area contributed by atoms with Gasteiger partial charge < -0.3 is 16.0 Å². The van der Waals surface area contributed by atoms with Gasteiger partial charge in [0.1, 0.15) is 0 Å². The zero-order valence-corrected chi connectivity index (χ0v) is 21.8. The Labute approximate surface area is 199 Å². The molecule has 7 nitrogen and oxygen atoms in total. The summed E-state index contributed by atoms with van der Waals surface area (Å²) < 4.78 is 27.8. The number of rotatable bonds is 9. The Hall–Kier alpha value is -0.910. The number of guanidine groups is 1. The molecule has 0 bridgehead atoms. The molecule has 1 aliphatic rings. The number of likely N-dealkylation sites (N-methyl/N-ethyl adjacent to an activating group) is 1. The lowest BCUT2D eigenvalue weighted by molar-refractivity contribution is 0.222. The summed E-state index contributed by atoms with van der Waals surface area (Å²) in [7, 11) is -1.52. The molecule has 9 heteroatoms. The minimum atomic E-state index is -3.53. The molecule has 30 heavy (non-hydrogen) atoms. The van der Waals surface area contributed by atoms with Gasteiger partial charge in [0.2, 0.25) is 10.0 Å². The van der Waals surface area contributed by atoms with Crippen LogP contribution in [-0.4, -0.2) is 62.9 Å². The number of nitrogens with zero attached hydrogens (tertiary/aromatic N) is 3. The number of nitrogens with two attached hydrogens (primary N) is 1. The van der Waals surface area contributed by atoms with Gasteiger partial charge >= 0.3 is 0 Å². The average Bonchev–Trinajstić information content (AvgIpc) is 2.66. The van der Waals surface area contributed by atoms with Gasteiger partial charge in [-0.2, -0.15) is 4.31 Å². The summed E-state index contributed by atoms with van der Waals surface area (Å²) in [6.45, 7) is 9.27. The number of hydrogen-bond acceptors (Lipinski definition) is 4. The van der Waals surface area contributed by atoms with E-state index in [4.69, 9.17) is 5.73 Å². The molecule has 1 fully saturated rings. The van der Waals surface area contributed by atoms with Crippen LogP contribution in [0.25, 0.3) is 0 Å². The van der Waals surface area contributed by atoms with E-state index in [2.05, 4.69) is 36.0 Å². The Balaban J connectivity index is 0.00000450. The molecule has 0 aromatic heterocycles. The average molecular weight is 552 g/mol. The maximum absolute atomic E-state index is 13.1. The van der Waals surface area contributed by atoms with Crippen LogP contribution in [-0.2, 0) is 16.6 Å². The third kappa shape index (κ3) is 8.32. The minimum absolute atomic E-state index is 0. The monoisotopic (exact) mass is 551 g/mol. The van der Waals surface area contributed by atoms with Crippen molar-refractivity contribution in [1.29, 1.82) is 0 Å². The number of piperazine rings is 1. The quantitative estimate of drug-likeness (QED) is 0.280. The fourth-order valence-electron chi connectivity index (χ4n) is 3.43. The van der Waals surface area contributed by atoms with Crippen molar-refractivity contribution in [1.82, 2.24) is 14.5 Å². The van der Waals surface area contributed by atoms with Crippen molar-refractivity contribution in [3.63, 3.8) is 0 Å². The first-order chi connectivity index (χ1) is 13.7.